The number of benzene rings is 1. The normalized spacial score (nSPS) is 16.5. The number of ether oxygens (including phenoxy) is 4. The fourth-order valence-electron chi connectivity index (χ4n) is 3.52. The zero-order valence-corrected chi connectivity index (χ0v) is 19.3. The molecular weight excluding hydrogens is 440 g/mol. The summed E-state index contributed by atoms with van der Waals surface area (Å²) in [6.07, 6.45) is 1.35. The lowest BCUT2D eigenvalue weighted by Crippen LogP contribution is -2.41. The molecule has 182 valence electrons. The molecule has 0 atom stereocenters. The van der Waals surface area contributed by atoms with Gasteiger partial charge < -0.3 is 28.7 Å². The van der Waals surface area contributed by atoms with Crippen molar-refractivity contribution in [3.8, 4) is 5.88 Å². The van der Waals surface area contributed by atoms with Crippen LogP contribution in [0.2, 0.25) is 0 Å². The maximum Gasteiger partial charge on any atom is 0.410 e. The van der Waals surface area contributed by atoms with Crippen LogP contribution >= 0.6 is 0 Å². The number of morpholine rings is 2. The molecule has 1 N–H and O–H groups in total. The molecule has 1 aromatic heterocycles. The van der Waals surface area contributed by atoms with Crippen molar-refractivity contribution in [2.24, 2.45) is 5.10 Å². The molecule has 2 saturated heterocycles. The molecular formula is C23H30N6O5. The van der Waals surface area contributed by atoms with Crippen LogP contribution < -0.4 is 15.1 Å². The molecule has 1 amide bonds. The molecule has 2 aromatic rings. The minimum atomic E-state index is -0.364. The minimum Gasteiger partial charge on any atom is -0.474 e. The minimum absolute atomic E-state index is 0.112. The summed E-state index contributed by atoms with van der Waals surface area (Å²) in [6, 6.07) is 9.77. The Kier molecular flexibility index (Phi) is 8.47. The predicted octanol–water partition coefficient (Wildman–Crippen LogP) is 1.92. The second-order valence-corrected chi connectivity index (χ2v) is 7.83. The molecule has 2 fully saturated rings. The first-order valence-electron chi connectivity index (χ1n) is 11.4. The van der Waals surface area contributed by atoms with E-state index in [1.807, 2.05) is 31.2 Å². The second-order valence-electron chi connectivity index (χ2n) is 7.83. The van der Waals surface area contributed by atoms with E-state index >= 15 is 0 Å². The summed E-state index contributed by atoms with van der Waals surface area (Å²) in [6.45, 7) is 7.14. The van der Waals surface area contributed by atoms with E-state index in [1.165, 1.54) is 0 Å². The number of rotatable bonds is 8. The smallest absolute Gasteiger partial charge is 0.410 e. The third-order valence-electron chi connectivity index (χ3n) is 5.27. The maximum atomic E-state index is 12.1. The van der Waals surface area contributed by atoms with E-state index in [4.69, 9.17) is 18.9 Å². The topological polar surface area (TPSA) is 111 Å². The predicted molar refractivity (Wildman–Crippen MR) is 127 cm³/mol. The molecule has 0 unspecified atom stereocenters. The Morgan fingerprint density at radius 2 is 1.85 bits per heavy atom. The number of carbonyl (C=O) groups is 1. The van der Waals surface area contributed by atoms with Gasteiger partial charge in [-0.15, -0.1) is 0 Å². The molecule has 3 heterocycles. The fraction of sp³-hybridized carbons (Fsp3) is 0.478. The van der Waals surface area contributed by atoms with Crippen LogP contribution in [0.15, 0.2) is 35.4 Å². The molecule has 11 nitrogen and oxygen atoms in total. The summed E-state index contributed by atoms with van der Waals surface area (Å²) in [7, 11) is 0. The summed E-state index contributed by atoms with van der Waals surface area (Å²) in [4.78, 5) is 24.8. The van der Waals surface area contributed by atoms with E-state index in [2.05, 4.69) is 25.4 Å². The Morgan fingerprint density at radius 3 is 2.62 bits per heavy atom. The zero-order valence-electron chi connectivity index (χ0n) is 19.3. The van der Waals surface area contributed by atoms with Crippen LogP contribution in [0.1, 0.15) is 11.1 Å². The van der Waals surface area contributed by atoms with Gasteiger partial charge in [0.05, 0.1) is 32.6 Å². The molecule has 4 rings (SSSR count). The van der Waals surface area contributed by atoms with Crippen molar-refractivity contribution < 1.29 is 23.7 Å². The van der Waals surface area contributed by atoms with Gasteiger partial charge in [-0.2, -0.15) is 15.1 Å². The SMILES string of the molecule is Cc1cccc(/C=N/Nc2nc(OCCOC(=O)N3CCOCC3)cc(N3CCOCC3)n2)c1. The zero-order chi connectivity index (χ0) is 23.6. The molecule has 11 heteroatoms. The van der Waals surface area contributed by atoms with Crippen LogP contribution in [0.4, 0.5) is 16.6 Å². The highest BCUT2D eigenvalue weighted by atomic mass is 16.6. The summed E-state index contributed by atoms with van der Waals surface area (Å²) in [5, 5.41) is 4.27. The maximum absolute atomic E-state index is 12.1. The molecule has 2 aliphatic heterocycles. The summed E-state index contributed by atoms with van der Waals surface area (Å²) in [5.41, 5.74) is 5.01. The number of carbonyl (C=O) groups excluding carboxylic acids is 1. The Hall–Kier alpha value is -3.44. The van der Waals surface area contributed by atoms with Gasteiger partial charge in [0.2, 0.25) is 11.8 Å². The van der Waals surface area contributed by atoms with Gasteiger partial charge in [0, 0.05) is 32.2 Å². The van der Waals surface area contributed by atoms with Crippen molar-refractivity contribution in [2.45, 2.75) is 6.92 Å². The van der Waals surface area contributed by atoms with Gasteiger partial charge in [0.1, 0.15) is 19.0 Å². The Balaban J connectivity index is 1.37. The van der Waals surface area contributed by atoms with Crippen LogP contribution in [-0.2, 0) is 14.2 Å². The van der Waals surface area contributed by atoms with E-state index < -0.39 is 0 Å². The molecule has 0 spiro atoms. The standard InChI is InChI=1S/C23H30N6O5/c1-18-3-2-4-19(15-18)17-24-27-22-25-20(28-5-9-31-10-6-28)16-21(26-22)33-13-14-34-23(30)29-7-11-32-12-8-29/h2-4,15-17H,5-14H2,1H3,(H,25,26,27)/b24-17+. The molecule has 0 bridgehead atoms. The molecule has 0 radical (unpaired) electrons. The van der Waals surface area contributed by atoms with Crippen LogP contribution in [0.3, 0.4) is 0 Å². The third kappa shape index (κ3) is 7.03. The summed E-state index contributed by atoms with van der Waals surface area (Å²) < 4.78 is 21.8. The summed E-state index contributed by atoms with van der Waals surface area (Å²) >= 11 is 0. The van der Waals surface area contributed by atoms with Crippen molar-refractivity contribution in [3.63, 3.8) is 0 Å². The number of hydrogen-bond donors (Lipinski definition) is 1. The third-order valence-corrected chi connectivity index (χ3v) is 5.27. The van der Waals surface area contributed by atoms with Crippen LogP contribution in [0.5, 0.6) is 5.88 Å². The van der Waals surface area contributed by atoms with Gasteiger partial charge in [-0.1, -0.05) is 29.8 Å². The van der Waals surface area contributed by atoms with Gasteiger partial charge in [0.25, 0.3) is 0 Å². The van der Waals surface area contributed by atoms with Gasteiger partial charge in [-0.25, -0.2) is 10.2 Å². The average molecular weight is 471 g/mol. The van der Waals surface area contributed by atoms with E-state index in [0.717, 1.165) is 24.2 Å². The number of hydrogen-bond acceptors (Lipinski definition) is 10. The van der Waals surface area contributed by atoms with Crippen molar-refractivity contribution in [1.82, 2.24) is 14.9 Å². The number of amides is 1. The molecule has 1 aromatic carbocycles. The number of nitrogens with one attached hydrogen (secondary N) is 1. The van der Waals surface area contributed by atoms with Gasteiger partial charge in [-0.3, -0.25) is 0 Å². The number of nitrogens with zero attached hydrogens (tertiary/aromatic N) is 5. The van der Waals surface area contributed by atoms with Gasteiger partial charge in [-0.05, 0) is 12.5 Å². The number of aryl methyl sites for hydroxylation is 1. The first-order valence-corrected chi connectivity index (χ1v) is 11.4. The fourth-order valence-corrected chi connectivity index (χ4v) is 3.52. The molecule has 0 aliphatic carbocycles. The first kappa shape index (κ1) is 23.7. The van der Waals surface area contributed by atoms with Crippen molar-refractivity contribution >= 4 is 24.1 Å². The van der Waals surface area contributed by atoms with E-state index in [-0.39, 0.29) is 19.3 Å². The van der Waals surface area contributed by atoms with Gasteiger partial charge >= 0.3 is 6.09 Å². The first-order chi connectivity index (χ1) is 16.7. The lowest BCUT2D eigenvalue weighted by atomic mass is 10.2. The molecule has 34 heavy (non-hydrogen) atoms. The van der Waals surface area contributed by atoms with Crippen LogP contribution in [0.25, 0.3) is 0 Å². The highest BCUT2D eigenvalue weighted by Crippen LogP contribution is 2.21. The van der Waals surface area contributed by atoms with E-state index in [0.29, 0.717) is 57.2 Å². The highest BCUT2D eigenvalue weighted by Gasteiger charge is 2.18. The largest absolute Gasteiger partial charge is 0.474 e. The number of aromatic nitrogens is 2. The van der Waals surface area contributed by atoms with Crippen molar-refractivity contribution in [2.75, 3.05) is 76.1 Å². The van der Waals surface area contributed by atoms with Gasteiger partial charge in [0.15, 0.2) is 0 Å². The number of hydrazone groups is 1. The lowest BCUT2D eigenvalue weighted by molar-refractivity contribution is 0.0238. The van der Waals surface area contributed by atoms with E-state index in [9.17, 15) is 4.79 Å². The quantitative estimate of drug-likeness (QED) is 0.351. The van der Waals surface area contributed by atoms with E-state index in [1.54, 1.807) is 17.2 Å². The Labute approximate surface area is 198 Å². The lowest BCUT2D eigenvalue weighted by Gasteiger charge is -2.28. The van der Waals surface area contributed by atoms with Crippen molar-refractivity contribution in [3.05, 3.63) is 41.5 Å². The highest BCUT2D eigenvalue weighted by molar-refractivity contribution is 5.80. The monoisotopic (exact) mass is 470 g/mol. The van der Waals surface area contributed by atoms with Crippen LogP contribution in [0, 0.1) is 6.92 Å². The molecule has 2 aliphatic rings. The number of anilines is 2. The van der Waals surface area contributed by atoms with Crippen molar-refractivity contribution in [1.29, 1.82) is 0 Å². The van der Waals surface area contributed by atoms with Crippen LogP contribution in [-0.4, -0.2) is 93.0 Å². The molecule has 0 saturated carbocycles. The Morgan fingerprint density at radius 1 is 1.09 bits per heavy atom. The second kappa shape index (κ2) is 12.1. The summed E-state index contributed by atoms with van der Waals surface area (Å²) in [5.74, 6) is 1.40. The Bertz CT molecular complexity index is 976. The average Bonchev–Trinajstić information content (AvgIpc) is 2.87.